The highest BCUT2D eigenvalue weighted by Gasteiger charge is 2.08. The average molecular weight is 355 g/mol. The Labute approximate surface area is 123 Å². The van der Waals surface area contributed by atoms with E-state index in [0.717, 1.165) is 10.2 Å². The molecule has 0 spiro atoms. The predicted octanol–water partition coefficient (Wildman–Crippen LogP) is 3.52. The van der Waals surface area contributed by atoms with Crippen LogP contribution in [-0.2, 0) is 6.42 Å². The molecule has 0 aliphatic carbocycles. The molecular weight excluding hydrogens is 342 g/mol. The lowest BCUT2D eigenvalue weighted by Crippen LogP contribution is -2.26. The van der Waals surface area contributed by atoms with Crippen molar-refractivity contribution in [2.75, 3.05) is 6.61 Å². The number of aliphatic hydroxyl groups excluding tert-OH is 1. The summed E-state index contributed by atoms with van der Waals surface area (Å²) in [4.78, 5) is 3.75. The third-order valence-corrected chi connectivity index (χ3v) is 5.10. The molecule has 0 radical (unpaired) electrons. The van der Waals surface area contributed by atoms with Gasteiger partial charge in [-0.15, -0.1) is 35.1 Å². The molecule has 0 bridgehead atoms. The van der Waals surface area contributed by atoms with Crippen LogP contribution in [0.5, 0.6) is 0 Å². The molecular formula is C11H13BrClNOS2. The lowest BCUT2D eigenvalue weighted by molar-refractivity contribution is 0.266. The van der Waals surface area contributed by atoms with Gasteiger partial charge in [-0.25, -0.2) is 0 Å². The van der Waals surface area contributed by atoms with Gasteiger partial charge in [-0.1, -0.05) is 0 Å². The Kier molecular flexibility index (Phi) is 6.12. The first-order valence-corrected chi connectivity index (χ1v) is 7.32. The largest absolute Gasteiger partial charge is 0.395 e. The molecule has 2 rings (SSSR count). The van der Waals surface area contributed by atoms with E-state index < -0.39 is 0 Å². The van der Waals surface area contributed by atoms with Crippen molar-refractivity contribution >= 4 is 51.0 Å². The highest BCUT2D eigenvalue weighted by atomic mass is 79.9. The van der Waals surface area contributed by atoms with E-state index in [0.29, 0.717) is 0 Å². The molecule has 0 fully saturated rings. The van der Waals surface area contributed by atoms with Crippen LogP contribution in [0.2, 0.25) is 0 Å². The fourth-order valence-corrected chi connectivity index (χ4v) is 3.97. The first-order valence-electron chi connectivity index (χ1n) is 4.90. The number of hydrogen-bond acceptors (Lipinski definition) is 4. The molecule has 0 aliphatic heterocycles. The van der Waals surface area contributed by atoms with Crippen LogP contribution in [0.3, 0.4) is 0 Å². The predicted molar refractivity (Wildman–Crippen MR) is 81.3 cm³/mol. The van der Waals surface area contributed by atoms with Gasteiger partial charge in [0.15, 0.2) is 0 Å². The number of hydrogen-bond donors (Lipinski definition) is 2. The van der Waals surface area contributed by atoms with Gasteiger partial charge in [-0.2, -0.15) is 0 Å². The molecule has 17 heavy (non-hydrogen) atoms. The van der Waals surface area contributed by atoms with Crippen LogP contribution in [0.1, 0.15) is 4.88 Å². The molecule has 2 aromatic heterocycles. The van der Waals surface area contributed by atoms with Crippen molar-refractivity contribution in [3.63, 3.8) is 0 Å². The summed E-state index contributed by atoms with van der Waals surface area (Å²) in [6.45, 7) is 0.0395. The second-order valence-corrected chi connectivity index (χ2v) is 7.15. The van der Waals surface area contributed by atoms with Crippen molar-refractivity contribution in [2.24, 2.45) is 5.73 Å². The molecule has 94 valence electrons. The topological polar surface area (TPSA) is 46.2 Å². The summed E-state index contributed by atoms with van der Waals surface area (Å²) < 4.78 is 1.14. The molecule has 0 aromatic carbocycles. The second kappa shape index (κ2) is 6.87. The quantitative estimate of drug-likeness (QED) is 0.882. The van der Waals surface area contributed by atoms with Crippen LogP contribution in [-0.4, -0.2) is 17.8 Å². The number of thiophene rings is 2. The Morgan fingerprint density at radius 3 is 2.41 bits per heavy atom. The minimum absolute atomic E-state index is 0. The van der Waals surface area contributed by atoms with Gasteiger partial charge >= 0.3 is 0 Å². The van der Waals surface area contributed by atoms with E-state index >= 15 is 0 Å². The van der Waals surface area contributed by atoms with Crippen molar-refractivity contribution < 1.29 is 5.11 Å². The van der Waals surface area contributed by atoms with Crippen molar-refractivity contribution in [1.82, 2.24) is 0 Å². The summed E-state index contributed by atoms with van der Waals surface area (Å²) in [5.74, 6) is 0. The highest BCUT2D eigenvalue weighted by molar-refractivity contribution is 9.11. The summed E-state index contributed by atoms with van der Waals surface area (Å²) in [6, 6.07) is 8.21. The fourth-order valence-electron chi connectivity index (χ4n) is 1.39. The minimum atomic E-state index is -0.151. The van der Waals surface area contributed by atoms with Gasteiger partial charge in [0.05, 0.1) is 10.4 Å². The summed E-state index contributed by atoms with van der Waals surface area (Å²) in [6.07, 6.45) is 0.744. The van der Waals surface area contributed by atoms with Gasteiger partial charge in [0.25, 0.3) is 0 Å². The highest BCUT2D eigenvalue weighted by Crippen LogP contribution is 2.35. The first-order chi connectivity index (χ1) is 7.69. The van der Waals surface area contributed by atoms with Crippen molar-refractivity contribution in [3.8, 4) is 9.75 Å². The number of rotatable bonds is 4. The second-order valence-electron chi connectivity index (χ2n) is 3.52. The zero-order valence-corrected chi connectivity index (χ0v) is 13.0. The van der Waals surface area contributed by atoms with Gasteiger partial charge in [0.2, 0.25) is 0 Å². The summed E-state index contributed by atoms with van der Waals surface area (Å²) in [5, 5.41) is 8.90. The first kappa shape index (κ1) is 15.1. The summed E-state index contributed by atoms with van der Waals surface area (Å²) >= 11 is 6.92. The average Bonchev–Trinajstić information content (AvgIpc) is 2.87. The zero-order valence-electron chi connectivity index (χ0n) is 8.93. The van der Waals surface area contributed by atoms with Gasteiger partial charge in [-0.3, -0.25) is 0 Å². The van der Waals surface area contributed by atoms with E-state index in [9.17, 15) is 0 Å². The Balaban J connectivity index is 0.00000144. The molecule has 6 heteroatoms. The molecule has 0 saturated heterocycles. The van der Waals surface area contributed by atoms with Crippen LogP contribution in [0.4, 0.5) is 0 Å². The SMILES string of the molecule is Cl.NC(CO)Cc1ccc(-c2ccc(Br)s2)s1. The standard InChI is InChI=1S/C11H12BrNOS2.ClH/c12-11-4-3-10(16-11)9-2-1-8(15-9)5-7(13)6-14;/h1-4,7,14H,5-6,13H2;1H. The number of halogens is 2. The maximum absolute atomic E-state index is 8.90. The summed E-state index contributed by atoms with van der Waals surface area (Å²) in [5.41, 5.74) is 5.71. The molecule has 1 atom stereocenters. The molecule has 0 aliphatic rings. The maximum Gasteiger partial charge on any atom is 0.0705 e. The van der Waals surface area contributed by atoms with E-state index in [2.05, 4.69) is 40.2 Å². The maximum atomic E-state index is 8.90. The van der Waals surface area contributed by atoms with Crippen LogP contribution >= 0.6 is 51.0 Å². The third kappa shape index (κ3) is 4.05. The molecule has 2 aromatic rings. The Morgan fingerprint density at radius 2 is 1.82 bits per heavy atom. The number of nitrogens with two attached hydrogens (primary N) is 1. The molecule has 2 nitrogen and oxygen atoms in total. The van der Waals surface area contributed by atoms with Crippen LogP contribution in [0, 0.1) is 0 Å². The van der Waals surface area contributed by atoms with E-state index in [-0.39, 0.29) is 25.1 Å². The van der Waals surface area contributed by atoms with Crippen LogP contribution < -0.4 is 5.73 Å². The van der Waals surface area contributed by atoms with Gasteiger partial charge in [0, 0.05) is 20.7 Å². The van der Waals surface area contributed by atoms with E-state index in [1.807, 2.05) is 0 Å². The van der Waals surface area contributed by atoms with Crippen molar-refractivity contribution in [2.45, 2.75) is 12.5 Å². The van der Waals surface area contributed by atoms with Gasteiger partial charge in [-0.05, 0) is 46.6 Å². The minimum Gasteiger partial charge on any atom is -0.395 e. The Hall–Kier alpha value is 0.0900. The van der Waals surface area contributed by atoms with Crippen molar-refractivity contribution in [1.29, 1.82) is 0 Å². The van der Waals surface area contributed by atoms with Crippen molar-refractivity contribution in [3.05, 3.63) is 32.9 Å². The lowest BCUT2D eigenvalue weighted by atomic mass is 10.2. The van der Waals surface area contributed by atoms with Crippen LogP contribution in [0.15, 0.2) is 28.1 Å². The van der Waals surface area contributed by atoms with Crippen LogP contribution in [0.25, 0.3) is 9.75 Å². The Bertz CT molecular complexity index is 471. The molecule has 1 unspecified atom stereocenters. The fraction of sp³-hybridized carbons (Fsp3) is 0.273. The van der Waals surface area contributed by atoms with Gasteiger partial charge in [0.1, 0.15) is 0 Å². The van der Waals surface area contributed by atoms with Gasteiger partial charge < -0.3 is 10.8 Å². The van der Waals surface area contributed by atoms with E-state index in [4.69, 9.17) is 10.8 Å². The molecule has 0 amide bonds. The smallest absolute Gasteiger partial charge is 0.0705 e. The normalized spacial score (nSPS) is 12.2. The van der Waals surface area contributed by atoms with E-state index in [1.165, 1.54) is 14.6 Å². The molecule has 0 saturated carbocycles. The van der Waals surface area contributed by atoms with E-state index in [1.54, 1.807) is 22.7 Å². The number of aliphatic hydroxyl groups is 1. The monoisotopic (exact) mass is 353 g/mol. The molecule has 3 N–H and O–H groups in total. The Morgan fingerprint density at radius 1 is 1.18 bits per heavy atom. The summed E-state index contributed by atoms with van der Waals surface area (Å²) in [7, 11) is 0. The lowest BCUT2D eigenvalue weighted by Gasteiger charge is -2.04. The molecule has 2 heterocycles. The third-order valence-electron chi connectivity index (χ3n) is 2.18. The zero-order chi connectivity index (χ0) is 11.5.